The molecule has 6 heteroatoms. The van der Waals surface area contributed by atoms with Gasteiger partial charge in [-0.25, -0.2) is 4.98 Å². The zero-order chi connectivity index (χ0) is 14.4. The normalized spacial score (nSPS) is 22.8. The van der Waals surface area contributed by atoms with E-state index in [2.05, 4.69) is 46.7 Å². The van der Waals surface area contributed by atoms with Crippen LogP contribution < -0.4 is 5.32 Å². The van der Waals surface area contributed by atoms with Gasteiger partial charge in [-0.1, -0.05) is 13.8 Å². The summed E-state index contributed by atoms with van der Waals surface area (Å²) in [7, 11) is 0. The highest BCUT2D eigenvalue weighted by atomic mass is 127. The Balaban J connectivity index is 0.00000220. The highest BCUT2D eigenvalue weighted by Crippen LogP contribution is 2.27. The molecule has 1 N–H and O–H groups in total. The summed E-state index contributed by atoms with van der Waals surface area (Å²) in [5.74, 6) is 1.74. The summed E-state index contributed by atoms with van der Waals surface area (Å²) in [4.78, 5) is 11.3. The molecule has 0 radical (unpaired) electrons. The minimum atomic E-state index is 0. The van der Waals surface area contributed by atoms with Gasteiger partial charge in [0.15, 0.2) is 5.96 Å². The molecule has 1 aliphatic rings. The maximum Gasteiger partial charge on any atom is 0.193 e. The Labute approximate surface area is 145 Å². The second-order valence-corrected chi connectivity index (χ2v) is 5.52. The zero-order valence-corrected chi connectivity index (χ0v) is 15.7. The lowest BCUT2D eigenvalue weighted by Crippen LogP contribution is -2.49. The van der Waals surface area contributed by atoms with Crippen molar-refractivity contribution in [1.29, 1.82) is 0 Å². The van der Waals surface area contributed by atoms with Crippen LogP contribution in [0.2, 0.25) is 0 Å². The number of piperidine rings is 1. The van der Waals surface area contributed by atoms with Crippen LogP contribution in [0.1, 0.15) is 39.7 Å². The lowest BCUT2D eigenvalue weighted by Gasteiger charge is -2.39. The van der Waals surface area contributed by atoms with E-state index in [1.807, 2.05) is 12.5 Å². The molecule has 2 rings (SSSR count). The fraction of sp³-hybridized carbons (Fsp3) is 0.733. The quantitative estimate of drug-likeness (QED) is 0.476. The second-order valence-electron chi connectivity index (χ2n) is 5.52. The number of hydrogen-bond donors (Lipinski definition) is 1. The van der Waals surface area contributed by atoms with Crippen LogP contribution in [0.4, 0.5) is 0 Å². The van der Waals surface area contributed by atoms with Gasteiger partial charge in [0.05, 0.1) is 12.4 Å². The fourth-order valence-electron chi connectivity index (χ4n) is 2.74. The summed E-state index contributed by atoms with van der Waals surface area (Å²) in [5.41, 5.74) is 0. The van der Waals surface area contributed by atoms with Crippen LogP contribution in [0.3, 0.4) is 0 Å². The Hall–Kier alpha value is -0.790. The third-order valence-electron chi connectivity index (χ3n) is 3.95. The molecular formula is C15H28IN5. The Morgan fingerprint density at radius 1 is 1.43 bits per heavy atom. The van der Waals surface area contributed by atoms with Crippen molar-refractivity contribution in [1.82, 2.24) is 19.8 Å². The van der Waals surface area contributed by atoms with Crippen molar-refractivity contribution < 1.29 is 0 Å². The Morgan fingerprint density at radius 3 is 2.86 bits per heavy atom. The van der Waals surface area contributed by atoms with E-state index in [1.165, 1.54) is 6.42 Å². The molecule has 1 fully saturated rings. The van der Waals surface area contributed by atoms with E-state index in [0.29, 0.717) is 12.0 Å². The van der Waals surface area contributed by atoms with Crippen molar-refractivity contribution in [2.24, 2.45) is 10.9 Å². The summed E-state index contributed by atoms with van der Waals surface area (Å²) in [6, 6.07) is 0.483. The third-order valence-corrected chi connectivity index (χ3v) is 3.95. The predicted molar refractivity (Wildman–Crippen MR) is 98.3 cm³/mol. The Bertz CT molecular complexity index is 418. The van der Waals surface area contributed by atoms with Gasteiger partial charge < -0.3 is 14.8 Å². The lowest BCUT2D eigenvalue weighted by molar-refractivity contribution is 0.189. The number of nitrogens with one attached hydrogen (secondary N) is 1. The third kappa shape index (κ3) is 4.86. The maximum atomic E-state index is 4.70. The topological polar surface area (TPSA) is 45.5 Å². The number of hydrogen-bond acceptors (Lipinski definition) is 2. The summed E-state index contributed by atoms with van der Waals surface area (Å²) in [5, 5.41) is 3.42. The predicted octanol–water partition coefficient (Wildman–Crippen LogP) is 2.76. The molecule has 0 bridgehead atoms. The smallest absolute Gasteiger partial charge is 0.193 e. The first-order valence-electron chi connectivity index (χ1n) is 7.77. The molecule has 1 aromatic rings. The van der Waals surface area contributed by atoms with Crippen LogP contribution in [0, 0.1) is 5.92 Å². The fourth-order valence-corrected chi connectivity index (χ4v) is 2.74. The number of rotatable bonds is 4. The SMILES string of the molecule is CCCN=C(NCC)N1CCC(C)C(n2ccnc2)C1.I. The summed E-state index contributed by atoms with van der Waals surface area (Å²) < 4.78 is 2.24. The van der Waals surface area contributed by atoms with Crippen molar-refractivity contribution in [3.05, 3.63) is 18.7 Å². The van der Waals surface area contributed by atoms with Gasteiger partial charge in [-0.3, -0.25) is 4.99 Å². The van der Waals surface area contributed by atoms with Crippen LogP contribution in [0.5, 0.6) is 0 Å². The summed E-state index contributed by atoms with van der Waals surface area (Å²) in [6.07, 6.45) is 8.15. The first-order valence-corrected chi connectivity index (χ1v) is 7.77. The standard InChI is InChI=1S/C15H27N5.HI/c1-4-7-18-15(17-5-2)19-9-6-13(3)14(11-19)20-10-8-16-12-20;/h8,10,12-14H,4-7,9,11H2,1-3H3,(H,17,18);1H. The van der Waals surface area contributed by atoms with Gasteiger partial charge in [-0.05, 0) is 25.7 Å². The Kier molecular flexibility index (Phi) is 8.06. The van der Waals surface area contributed by atoms with E-state index in [-0.39, 0.29) is 24.0 Å². The van der Waals surface area contributed by atoms with Gasteiger partial charge in [-0.15, -0.1) is 24.0 Å². The number of halogens is 1. The maximum absolute atomic E-state index is 4.70. The van der Waals surface area contributed by atoms with Gasteiger partial charge in [0.2, 0.25) is 0 Å². The van der Waals surface area contributed by atoms with Gasteiger partial charge in [-0.2, -0.15) is 0 Å². The van der Waals surface area contributed by atoms with Crippen molar-refractivity contribution >= 4 is 29.9 Å². The number of aliphatic imine (C=N–C) groups is 1. The van der Waals surface area contributed by atoms with Gasteiger partial charge in [0.1, 0.15) is 0 Å². The van der Waals surface area contributed by atoms with E-state index in [0.717, 1.165) is 38.6 Å². The molecule has 21 heavy (non-hydrogen) atoms. The summed E-state index contributed by atoms with van der Waals surface area (Å²) >= 11 is 0. The molecule has 1 saturated heterocycles. The van der Waals surface area contributed by atoms with E-state index in [9.17, 15) is 0 Å². The molecule has 120 valence electrons. The number of likely N-dealkylation sites (tertiary alicyclic amines) is 1. The highest BCUT2D eigenvalue weighted by Gasteiger charge is 2.28. The first kappa shape index (κ1) is 18.3. The molecule has 0 amide bonds. The van der Waals surface area contributed by atoms with Gasteiger partial charge >= 0.3 is 0 Å². The molecule has 0 aromatic carbocycles. The van der Waals surface area contributed by atoms with Crippen molar-refractivity contribution in [2.45, 2.75) is 39.7 Å². The van der Waals surface area contributed by atoms with E-state index in [1.54, 1.807) is 0 Å². The minimum absolute atomic E-state index is 0. The van der Waals surface area contributed by atoms with Crippen molar-refractivity contribution in [3.63, 3.8) is 0 Å². The average molecular weight is 405 g/mol. The van der Waals surface area contributed by atoms with E-state index >= 15 is 0 Å². The van der Waals surface area contributed by atoms with Crippen LogP contribution in [0.25, 0.3) is 0 Å². The molecule has 1 aromatic heterocycles. The van der Waals surface area contributed by atoms with Gasteiger partial charge in [0.25, 0.3) is 0 Å². The number of imidazole rings is 1. The van der Waals surface area contributed by atoms with Crippen LogP contribution in [-0.4, -0.2) is 46.6 Å². The molecule has 1 aliphatic heterocycles. The molecule has 5 nitrogen and oxygen atoms in total. The molecule has 0 aliphatic carbocycles. The zero-order valence-electron chi connectivity index (χ0n) is 13.3. The molecule has 0 saturated carbocycles. The summed E-state index contributed by atoms with van der Waals surface area (Å²) in [6.45, 7) is 10.5. The number of guanidine groups is 1. The largest absolute Gasteiger partial charge is 0.357 e. The average Bonchev–Trinajstić information content (AvgIpc) is 2.98. The lowest BCUT2D eigenvalue weighted by atomic mass is 9.93. The highest BCUT2D eigenvalue weighted by molar-refractivity contribution is 14.0. The van der Waals surface area contributed by atoms with Gasteiger partial charge in [0, 0.05) is 38.6 Å². The minimum Gasteiger partial charge on any atom is -0.357 e. The van der Waals surface area contributed by atoms with Crippen molar-refractivity contribution in [2.75, 3.05) is 26.2 Å². The molecular weight excluding hydrogens is 377 g/mol. The molecule has 2 unspecified atom stereocenters. The Morgan fingerprint density at radius 2 is 2.24 bits per heavy atom. The van der Waals surface area contributed by atoms with Crippen LogP contribution >= 0.6 is 24.0 Å². The molecule has 2 atom stereocenters. The monoisotopic (exact) mass is 405 g/mol. The van der Waals surface area contributed by atoms with E-state index in [4.69, 9.17) is 4.99 Å². The van der Waals surface area contributed by atoms with Crippen LogP contribution in [-0.2, 0) is 0 Å². The first-order chi connectivity index (χ1) is 9.76. The molecule has 2 heterocycles. The number of aromatic nitrogens is 2. The van der Waals surface area contributed by atoms with Crippen molar-refractivity contribution in [3.8, 4) is 0 Å². The second kappa shape index (κ2) is 9.27. The van der Waals surface area contributed by atoms with Crippen LogP contribution in [0.15, 0.2) is 23.7 Å². The number of nitrogens with zero attached hydrogens (tertiary/aromatic N) is 4. The molecule has 0 spiro atoms. The van der Waals surface area contributed by atoms with E-state index < -0.39 is 0 Å².